The van der Waals surface area contributed by atoms with Crippen molar-refractivity contribution in [2.45, 2.75) is 53.4 Å². The monoisotopic (exact) mass is 364 g/mol. The van der Waals surface area contributed by atoms with E-state index in [-0.39, 0.29) is 5.78 Å². The van der Waals surface area contributed by atoms with Crippen LogP contribution in [0, 0.1) is 0 Å². The van der Waals surface area contributed by atoms with Gasteiger partial charge in [-0.25, -0.2) is 0 Å². The Balaban J connectivity index is 2.35. The molecule has 3 nitrogen and oxygen atoms in total. The van der Waals surface area contributed by atoms with E-state index in [4.69, 9.17) is 9.15 Å². The number of ether oxygens (including phenoxy) is 1. The minimum atomic E-state index is -0.0685. The van der Waals surface area contributed by atoms with Gasteiger partial charge in [-0.1, -0.05) is 45.9 Å². The second-order valence-corrected chi connectivity index (χ2v) is 7.61. The van der Waals surface area contributed by atoms with E-state index in [2.05, 4.69) is 45.9 Å². The first kappa shape index (κ1) is 19.2. The molecule has 0 N–H and O–H groups in total. The molecule has 1 aromatic heterocycles. The number of furan rings is 1. The summed E-state index contributed by atoms with van der Waals surface area (Å²) >= 11 is 0. The van der Waals surface area contributed by atoms with E-state index in [0.29, 0.717) is 24.2 Å². The fourth-order valence-electron chi connectivity index (χ4n) is 3.41. The summed E-state index contributed by atoms with van der Waals surface area (Å²) in [5, 5.41) is 0.944. The van der Waals surface area contributed by atoms with Crippen molar-refractivity contribution in [2.75, 3.05) is 6.61 Å². The van der Waals surface area contributed by atoms with E-state index in [1.807, 2.05) is 25.1 Å². The number of rotatable bonds is 6. The summed E-state index contributed by atoms with van der Waals surface area (Å²) in [6, 6.07) is 12.3. The van der Waals surface area contributed by atoms with Crippen molar-refractivity contribution < 1.29 is 13.9 Å². The summed E-state index contributed by atoms with van der Waals surface area (Å²) in [7, 11) is 0. The Morgan fingerprint density at radius 3 is 2.37 bits per heavy atom. The van der Waals surface area contributed by atoms with Gasteiger partial charge in [0.25, 0.3) is 0 Å². The number of hydrogen-bond donors (Lipinski definition) is 0. The zero-order valence-electron chi connectivity index (χ0n) is 17.1. The summed E-state index contributed by atoms with van der Waals surface area (Å²) in [4.78, 5) is 11.8. The Morgan fingerprint density at radius 1 is 1.04 bits per heavy atom. The van der Waals surface area contributed by atoms with Gasteiger partial charge in [0, 0.05) is 17.9 Å². The lowest BCUT2D eigenvalue weighted by atomic mass is 9.88. The van der Waals surface area contributed by atoms with Crippen LogP contribution in [0.15, 0.2) is 40.8 Å². The lowest BCUT2D eigenvalue weighted by molar-refractivity contribution is 0.0989. The average molecular weight is 364 g/mol. The van der Waals surface area contributed by atoms with E-state index >= 15 is 0 Å². The number of Topliss-reactive ketones (excluding diaryl/α,β-unsaturated/α-hetero) is 1. The number of hydrogen-bond acceptors (Lipinski definition) is 3. The Labute approximate surface area is 161 Å². The van der Waals surface area contributed by atoms with Crippen molar-refractivity contribution in [2.24, 2.45) is 0 Å². The standard InChI is InChI=1S/C24H28O3/c1-7-26-24-19(15(4)5)11-17(14(2)3)12-21(24)18-9-8-10-22-20(18)13-23(27-22)16(6)25/h8-15H,7H2,1-6H3. The molecule has 0 bridgehead atoms. The lowest BCUT2D eigenvalue weighted by Crippen LogP contribution is -2.03. The molecule has 0 spiro atoms. The molecule has 142 valence electrons. The predicted octanol–water partition coefficient (Wildman–Crippen LogP) is 6.95. The number of carbonyl (C=O) groups is 1. The summed E-state index contributed by atoms with van der Waals surface area (Å²) in [5.41, 5.74) is 5.32. The van der Waals surface area contributed by atoms with Gasteiger partial charge in [-0.15, -0.1) is 0 Å². The topological polar surface area (TPSA) is 39.4 Å². The smallest absolute Gasteiger partial charge is 0.194 e. The summed E-state index contributed by atoms with van der Waals surface area (Å²) < 4.78 is 11.9. The van der Waals surface area contributed by atoms with Crippen LogP contribution in [0.25, 0.3) is 22.1 Å². The second kappa shape index (κ2) is 7.59. The van der Waals surface area contributed by atoms with Crippen LogP contribution in [-0.4, -0.2) is 12.4 Å². The van der Waals surface area contributed by atoms with Crippen molar-refractivity contribution in [3.05, 3.63) is 53.3 Å². The first-order valence-corrected chi connectivity index (χ1v) is 9.68. The molecule has 0 fully saturated rings. The molecular weight excluding hydrogens is 336 g/mol. The van der Waals surface area contributed by atoms with Crippen LogP contribution in [0.4, 0.5) is 0 Å². The van der Waals surface area contributed by atoms with E-state index in [0.717, 1.165) is 27.8 Å². The average Bonchev–Trinajstić information content (AvgIpc) is 3.06. The molecule has 2 aromatic carbocycles. The Bertz CT molecular complexity index is 977. The molecule has 1 heterocycles. The number of benzene rings is 2. The Hall–Kier alpha value is -2.55. The molecule has 0 unspecified atom stereocenters. The van der Waals surface area contributed by atoms with Gasteiger partial charge in [0.15, 0.2) is 11.5 Å². The molecule has 0 aliphatic rings. The maximum atomic E-state index is 11.8. The fourth-order valence-corrected chi connectivity index (χ4v) is 3.41. The summed E-state index contributed by atoms with van der Waals surface area (Å²) in [6.07, 6.45) is 0. The highest BCUT2D eigenvalue weighted by molar-refractivity contribution is 6.02. The number of carbonyl (C=O) groups excluding carboxylic acids is 1. The maximum absolute atomic E-state index is 11.8. The van der Waals surface area contributed by atoms with Crippen LogP contribution in [-0.2, 0) is 0 Å². The van der Waals surface area contributed by atoms with Crippen LogP contribution in [0.2, 0.25) is 0 Å². The highest BCUT2D eigenvalue weighted by atomic mass is 16.5. The molecule has 0 aliphatic carbocycles. The molecule has 0 amide bonds. The van der Waals surface area contributed by atoms with Gasteiger partial charge in [0.05, 0.1) is 6.61 Å². The predicted molar refractivity (Wildman–Crippen MR) is 111 cm³/mol. The van der Waals surface area contributed by atoms with Gasteiger partial charge >= 0.3 is 0 Å². The summed E-state index contributed by atoms with van der Waals surface area (Å²) in [5.74, 6) is 2.00. The van der Waals surface area contributed by atoms with Crippen LogP contribution in [0.1, 0.15) is 75.1 Å². The molecule has 0 saturated heterocycles. The first-order chi connectivity index (χ1) is 12.8. The van der Waals surface area contributed by atoms with E-state index < -0.39 is 0 Å². The Morgan fingerprint density at radius 2 is 1.78 bits per heavy atom. The number of fused-ring (bicyclic) bond motifs is 1. The third-order valence-corrected chi connectivity index (χ3v) is 4.92. The highest BCUT2D eigenvalue weighted by Crippen LogP contribution is 2.42. The SMILES string of the molecule is CCOc1c(-c2cccc3oc(C(C)=O)cc23)cc(C(C)C)cc1C(C)C. The van der Waals surface area contributed by atoms with Gasteiger partial charge in [-0.05, 0) is 53.6 Å². The number of ketones is 1. The molecule has 3 heteroatoms. The van der Waals surface area contributed by atoms with E-state index in [1.54, 1.807) is 0 Å². The molecule has 0 saturated carbocycles. The molecule has 0 radical (unpaired) electrons. The molecule has 3 aromatic rings. The quantitative estimate of drug-likeness (QED) is 0.444. The largest absolute Gasteiger partial charge is 0.493 e. The van der Waals surface area contributed by atoms with Gasteiger partial charge in [0.1, 0.15) is 11.3 Å². The molecule has 0 aliphatic heterocycles. The zero-order chi connectivity index (χ0) is 19.7. The molecule has 3 rings (SSSR count). The van der Waals surface area contributed by atoms with Crippen LogP contribution >= 0.6 is 0 Å². The van der Waals surface area contributed by atoms with Crippen molar-refractivity contribution >= 4 is 16.8 Å². The van der Waals surface area contributed by atoms with Crippen LogP contribution in [0.3, 0.4) is 0 Å². The fraction of sp³-hybridized carbons (Fsp3) is 0.375. The zero-order valence-corrected chi connectivity index (χ0v) is 17.1. The van der Waals surface area contributed by atoms with Crippen LogP contribution in [0.5, 0.6) is 5.75 Å². The van der Waals surface area contributed by atoms with E-state index in [9.17, 15) is 4.79 Å². The summed E-state index contributed by atoms with van der Waals surface area (Å²) in [6.45, 7) is 12.9. The van der Waals surface area contributed by atoms with Gasteiger partial charge in [0.2, 0.25) is 0 Å². The van der Waals surface area contributed by atoms with Crippen molar-refractivity contribution in [1.29, 1.82) is 0 Å². The lowest BCUT2D eigenvalue weighted by Gasteiger charge is -2.21. The third-order valence-electron chi connectivity index (χ3n) is 4.92. The van der Waals surface area contributed by atoms with Crippen molar-refractivity contribution in [1.82, 2.24) is 0 Å². The van der Waals surface area contributed by atoms with Gasteiger partial charge in [-0.3, -0.25) is 4.79 Å². The minimum absolute atomic E-state index is 0.0685. The van der Waals surface area contributed by atoms with Gasteiger partial charge < -0.3 is 9.15 Å². The van der Waals surface area contributed by atoms with Crippen molar-refractivity contribution in [3.63, 3.8) is 0 Å². The van der Waals surface area contributed by atoms with E-state index in [1.165, 1.54) is 18.1 Å². The van der Waals surface area contributed by atoms with Gasteiger partial charge in [-0.2, -0.15) is 0 Å². The first-order valence-electron chi connectivity index (χ1n) is 9.68. The molecule has 27 heavy (non-hydrogen) atoms. The highest BCUT2D eigenvalue weighted by Gasteiger charge is 2.20. The minimum Gasteiger partial charge on any atom is -0.493 e. The second-order valence-electron chi connectivity index (χ2n) is 7.61. The maximum Gasteiger partial charge on any atom is 0.194 e. The normalized spacial score (nSPS) is 11.6. The molecular formula is C24H28O3. The van der Waals surface area contributed by atoms with Crippen molar-refractivity contribution in [3.8, 4) is 16.9 Å². The third kappa shape index (κ3) is 3.64. The Kier molecular flexibility index (Phi) is 5.41. The molecule has 0 atom stereocenters. The van der Waals surface area contributed by atoms with Crippen LogP contribution < -0.4 is 4.74 Å².